The molecule has 158 valence electrons. The summed E-state index contributed by atoms with van der Waals surface area (Å²) in [5.74, 6) is 6.62. The number of rotatable bonds is 4. The summed E-state index contributed by atoms with van der Waals surface area (Å²) in [6.07, 6.45) is 4.37. The minimum absolute atomic E-state index is 0.0551. The minimum atomic E-state index is -0.381. The molecule has 2 heterocycles. The van der Waals surface area contributed by atoms with Crippen LogP contribution in [0.5, 0.6) is 5.75 Å². The molecule has 0 bridgehead atoms. The van der Waals surface area contributed by atoms with Crippen LogP contribution in [0.15, 0.2) is 36.5 Å². The van der Waals surface area contributed by atoms with Gasteiger partial charge in [0, 0.05) is 18.2 Å². The number of carbonyl (C=O) groups is 1. The zero-order chi connectivity index (χ0) is 21.6. The molecule has 0 spiro atoms. The molecule has 0 radical (unpaired) electrons. The first kappa shape index (κ1) is 21.9. The molecule has 1 atom stereocenters. The van der Waals surface area contributed by atoms with Crippen molar-refractivity contribution in [1.29, 1.82) is 0 Å². The van der Waals surface area contributed by atoms with E-state index in [2.05, 4.69) is 43.7 Å². The van der Waals surface area contributed by atoms with E-state index in [4.69, 9.17) is 14.2 Å². The van der Waals surface area contributed by atoms with Gasteiger partial charge in [-0.25, -0.2) is 9.78 Å². The summed E-state index contributed by atoms with van der Waals surface area (Å²) < 4.78 is 16.9. The summed E-state index contributed by atoms with van der Waals surface area (Å²) in [5.41, 5.74) is 2.91. The molecule has 0 aliphatic carbocycles. The molecule has 0 saturated carbocycles. The number of carbonyl (C=O) groups excluding carboxylic acids is 1. The Kier molecular flexibility index (Phi) is 7.12. The molecule has 30 heavy (non-hydrogen) atoms. The zero-order valence-corrected chi connectivity index (χ0v) is 18.2. The van der Waals surface area contributed by atoms with Crippen LogP contribution in [-0.2, 0) is 14.9 Å². The highest BCUT2D eigenvalue weighted by Gasteiger charge is 2.23. The molecule has 2 aromatic rings. The van der Waals surface area contributed by atoms with E-state index in [9.17, 15) is 4.79 Å². The molecule has 1 unspecified atom stereocenters. The zero-order valence-electron chi connectivity index (χ0n) is 18.2. The Morgan fingerprint density at radius 1 is 1.20 bits per heavy atom. The predicted octanol–water partition coefficient (Wildman–Crippen LogP) is 4.86. The second kappa shape index (κ2) is 9.77. The first-order valence-corrected chi connectivity index (χ1v) is 10.4. The Labute approximate surface area is 178 Å². The van der Waals surface area contributed by atoms with Crippen molar-refractivity contribution in [2.24, 2.45) is 0 Å². The molecule has 0 N–H and O–H groups in total. The Bertz CT molecular complexity index is 926. The molecule has 1 aliphatic rings. The van der Waals surface area contributed by atoms with E-state index in [1.54, 1.807) is 19.1 Å². The minimum Gasteiger partial charge on any atom is -0.465 e. The largest absolute Gasteiger partial charge is 0.465 e. The van der Waals surface area contributed by atoms with Crippen LogP contribution in [0.25, 0.3) is 0 Å². The first-order valence-electron chi connectivity index (χ1n) is 10.4. The van der Waals surface area contributed by atoms with Crippen molar-refractivity contribution < 1.29 is 19.0 Å². The predicted molar refractivity (Wildman–Crippen MR) is 116 cm³/mol. The molecule has 1 aromatic carbocycles. The van der Waals surface area contributed by atoms with Crippen LogP contribution in [0.3, 0.4) is 0 Å². The number of hydrogen-bond donors (Lipinski definition) is 0. The molecule has 1 fully saturated rings. The smallest absolute Gasteiger partial charge is 0.339 e. The molecule has 1 aromatic heterocycles. The van der Waals surface area contributed by atoms with Gasteiger partial charge in [-0.1, -0.05) is 32.8 Å². The van der Waals surface area contributed by atoms with Gasteiger partial charge in [-0.15, -0.1) is 0 Å². The van der Waals surface area contributed by atoms with Gasteiger partial charge in [0.2, 0.25) is 0 Å². The standard InChI is InChI=1S/C25H29NO4/c1-5-28-24(27)19-11-13-20(26-17-19)12-9-18-10-14-21(25(2,3)4)22(16-18)30-23-8-6-7-15-29-23/h10-11,13-14,16-17,23H,5-8,15H2,1-4H3. The van der Waals surface area contributed by atoms with E-state index in [1.807, 2.05) is 12.1 Å². The van der Waals surface area contributed by atoms with Crippen molar-refractivity contribution in [2.75, 3.05) is 13.2 Å². The van der Waals surface area contributed by atoms with Crippen LogP contribution in [0.4, 0.5) is 0 Å². The van der Waals surface area contributed by atoms with Gasteiger partial charge in [0.25, 0.3) is 0 Å². The third kappa shape index (κ3) is 5.84. The van der Waals surface area contributed by atoms with E-state index < -0.39 is 0 Å². The normalized spacial score (nSPS) is 16.3. The lowest BCUT2D eigenvalue weighted by atomic mass is 9.86. The van der Waals surface area contributed by atoms with Gasteiger partial charge in [0.15, 0.2) is 6.29 Å². The summed E-state index contributed by atoms with van der Waals surface area (Å²) in [6, 6.07) is 9.43. The quantitative estimate of drug-likeness (QED) is 0.535. The van der Waals surface area contributed by atoms with Crippen LogP contribution in [0.1, 0.15) is 74.1 Å². The van der Waals surface area contributed by atoms with Gasteiger partial charge in [0.05, 0.1) is 18.8 Å². The van der Waals surface area contributed by atoms with Gasteiger partial charge in [-0.2, -0.15) is 0 Å². The lowest BCUT2D eigenvalue weighted by Gasteiger charge is -2.28. The molecule has 5 nitrogen and oxygen atoms in total. The topological polar surface area (TPSA) is 57.7 Å². The SMILES string of the molecule is CCOC(=O)c1ccc(C#Cc2ccc(C(C)(C)C)c(OC3CCCCO3)c2)nc1. The van der Waals surface area contributed by atoms with Crippen LogP contribution in [0.2, 0.25) is 0 Å². The maximum atomic E-state index is 11.7. The molecule has 1 saturated heterocycles. The first-order chi connectivity index (χ1) is 14.4. The highest BCUT2D eigenvalue weighted by atomic mass is 16.7. The molecule has 3 rings (SSSR count). The van der Waals surface area contributed by atoms with E-state index in [0.29, 0.717) is 17.9 Å². The maximum Gasteiger partial charge on any atom is 0.339 e. The fraction of sp³-hybridized carbons (Fsp3) is 0.440. The van der Waals surface area contributed by atoms with E-state index in [-0.39, 0.29) is 17.7 Å². The van der Waals surface area contributed by atoms with Crippen molar-refractivity contribution in [3.05, 3.63) is 58.9 Å². The van der Waals surface area contributed by atoms with Crippen molar-refractivity contribution >= 4 is 5.97 Å². The van der Waals surface area contributed by atoms with E-state index >= 15 is 0 Å². The number of benzene rings is 1. The molecular weight excluding hydrogens is 378 g/mol. The lowest BCUT2D eigenvalue weighted by molar-refractivity contribution is -0.106. The number of pyridine rings is 1. The van der Waals surface area contributed by atoms with Gasteiger partial charge < -0.3 is 14.2 Å². The number of ether oxygens (including phenoxy) is 3. The third-order valence-electron chi connectivity index (χ3n) is 4.80. The van der Waals surface area contributed by atoms with Crippen molar-refractivity contribution in [3.8, 4) is 17.6 Å². The summed E-state index contributed by atoms with van der Waals surface area (Å²) in [6.45, 7) is 9.34. The van der Waals surface area contributed by atoms with E-state index in [0.717, 1.165) is 42.7 Å². The third-order valence-corrected chi connectivity index (χ3v) is 4.80. The van der Waals surface area contributed by atoms with Crippen LogP contribution in [0, 0.1) is 11.8 Å². The molecule has 0 amide bonds. The summed E-state index contributed by atoms with van der Waals surface area (Å²) in [4.78, 5) is 16.0. The monoisotopic (exact) mass is 407 g/mol. The number of aromatic nitrogens is 1. The highest BCUT2D eigenvalue weighted by molar-refractivity contribution is 5.89. The highest BCUT2D eigenvalue weighted by Crippen LogP contribution is 2.33. The summed E-state index contributed by atoms with van der Waals surface area (Å²) in [5, 5.41) is 0. The lowest BCUT2D eigenvalue weighted by Crippen LogP contribution is -2.26. The molecule has 1 aliphatic heterocycles. The number of nitrogens with zero attached hydrogens (tertiary/aromatic N) is 1. The average molecular weight is 408 g/mol. The van der Waals surface area contributed by atoms with Crippen molar-refractivity contribution in [2.45, 2.75) is 58.7 Å². The fourth-order valence-corrected chi connectivity index (χ4v) is 3.20. The van der Waals surface area contributed by atoms with Crippen LogP contribution < -0.4 is 4.74 Å². The molecular formula is C25H29NO4. The van der Waals surface area contributed by atoms with Gasteiger partial charge in [-0.05, 0) is 60.9 Å². The molecule has 5 heteroatoms. The Hall–Kier alpha value is -2.84. The number of hydrogen-bond acceptors (Lipinski definition) is 5. The van der Waals surface area contributed by atoms with Crippen LogP contribution in [-0.4, -0.2) is 30.5 Å². The Morgan fingerprint density at radius 2 is 2.03 bits per heavy atom. The van der Waals surface area contributed by atoms with Gasteiger partial charge >= 0.3 is 5.97 Å². The maximum absolute atomic E-state index is 11.7. The Morgan fingerprint density at radius 3 is 2.67 bits per heavy atom. The average Bonchev–Trinajstić information content (AvgIpc) is 2.73. The summed E-state index contributed by atoms with van der Waals surface area (Å²) >= 11 is 0. The van der Waals surface area contributed by atoms with Crippen molar-refractivity contribution in [3.63, 3.8) is 0 Å². The van der Waals surface area contributed by atoms with Gasteiger partial charge in [0.1, 0.15) is 11.4 Å². The fourth-order valence-electron chi connectivity index (χ4n) is 3.20. The second-order valence-corrected chi connectivity index (χ2v) is 8.28. The second-order valence-electron chi connectivity index (χ2n) is 8.28. The van der Waals surface area contributed by atoms with Crippen LogP contribution >= 0.6 is 0 Å². The van der Waals surface area contributed by atoms with E-state index in [1.165, 1.54) is 6.20 Å². The number of esters is 1. The van der Waals surface area contributed by atoms with Gasteiger partial charge in [-0.3, -0.25) is 0 Å². The van der Waals surface area contributed by atoms with Crippen molar-refractivity contribution in [1.82, 2.24) is 4.98 Å². The Balaban J connectivity index is 1.81. The summed E-state index contributed by atoms with van der Waals surface area (Å²) in [7, 11) is 0.